The van der Waals surface area contributed by atoms with Gasteiger partial charge in [-0.1, -0.05) is 39.3 Å². The minimum absolute atomic E-state index is 0.134. The normalized spacial score (nSPS) is 36.5. The van der Waals surface area contributed by atoms with E-state index in [-0.39, 0.29) is 12.0 Å². The third kappa shape index (κ3) is 3.05. The number of hydrogen-bond donors (Lipinski definition) is 2. The van der Waals surface area contributed by atoms with Gasteiger partial charge in [0.2, 0.25) is 0 Å². The SMILES string of the molecule is C/C=C(\C)[C@@H](O)C[C@H]1C(CO)=CC[C@@H]2C(C)(C)CCC[C@@]21C. The number of hydrogen-bond acceptors (Lipinski definition) is 2. The molecule has 0 aromatic heterocycles. The standard InChI is InChI=1S/C20H34O2/c1-6-14(2)17(22)12-16-15(13-21)8-9-18-19(3,4)10-7-11-20(16,18)5/h6,8,16-18,21-22H,7,9-13H2,1-5H3/b14-6+/t16-,17-,18+,20+/m0/s1. The summed E-state index contributed by atoms with van der Waals surface area (Å²) in [5.74, 6) is 0.938. The van der Waals surface area contributed by atoms with Gasteiger partial charge in [0.1, 0.15) is 0 Å². The van der Waals surface area contributed by atoms with Crippen LogP contribution in [0.3, 0.4) is 0 Å². The van der Waals surface area contributed by atoms with Crippen molar-refractivity contribution in [3.8, 4) is 0 Å². The Bertz CT molecular complexity index is 460. The van der Waals surface area contributed by atoms with E-state index >= 15 is 0 Å². The molecule has 0 unspecified atom stereocenters. The van der Waals surface area contributed by atoms with Crippen molar-refractivity contribution in [2.75, 3.05) is 6.61 Å². The van der Waals surface area contributed by atoms with Crippen LogP contribution in [0, 0.1) is 22.7 Å². The van der Waals surface area contributed by atoms with E-state index in [0.29, 0.717) is 17.3 Å². The van der Waals surface area contributed by atoms with Gasteiger partial charge >= 0.3 is 0 Å². The van der Waals surface area contributed by atoms with Gasteiger partial charge in [0.05, 0.1) is 12.7 Å². The predicted molar refractivity (Wildman–Crippen MR) is 92.6 cm³/mol. The molecule has 0 bridgehead atoms. The van der Waals surface area contributed by atoms with Crippen LogP contribution < -0.4 is 0 Å². The van der Waals surface area contributed by atoms with E-state index in [0.717, 1.165) is 24.0 Å². The molecule has 2 aliphatic rings. The van der Waals surface area contributed by atoms with E-state index < -0.39 is 6.10 Å². The first-order chi connectivity index (χ1) is 10.3. The van der Waals surface area contributed by atoms with E-state index in [9.17, 15) is 10.2 Å². The van der Waals surface area contributed by atoms with Gasteiger partial charge in [-0.25, -0.2) is 0 Å². The Kier molecular flexibility index (Phi) is 5.23. The lowest BCUT2D eigenvalue weighted by Gasteiger charge is -2.57. The molecule has 2 heteroatoms. The molecule has 2 rings (SSSR count). The van der Waals surface area contributed by atoms with Crippen LogP contribution in [-0.2, 0) is 0 Å². The predicted octanol–water partition coefficient (Wildman–Crippen LogP) is 4.47. The van der Waals surface area contributed by atoms with Crippen molar-refractivity contribution in [2.24, 2.45) is 22.7 Å². The minimum Gasteiger partial charge on any atom is -0.392 e. The highest BCUT2D eigenvalue weighted by molar-refractivity contribution is 5.21. The highest BCUT2D eigenvalue weighted by Crippen LogP contribution is 2.60. The smallest absolute Gasteiger partial charge is 0.0753 e. The summed E-state index contributed by atoms with van der Waals surface area (Å²) in [5.41, 5.74) is 2.74. The fourth-order valence-electron chi connectivity index (χ4n) is 5.20. The Balaban J connectivity index is 2.35. The Morgan fingerprint density at radius 1 is 1.36 bits per heavy atom. The lowest BCUT2D eigenvalue weighted by atomic mass is 9.48. The van der Waals surface area contributed by atoms with E-state index in [1.54, 1.807) is 0 Å². The van der Waals surface area contributed by atoms with Crippen molar-refractivity contribution in [2.45, 2.75) is 72.8 Å². The molecule has 1 fully saturated rings. The molecule has 4 atom stereocenters. The topological polar surface area (TPSA) is 40.5 Å². The van der Waals surface area contributed by atoms with Crippen LogP contribution in [-0.4, -0.2) is 22.9 Å². The maximum atomic E-state index is 10.5. The van der Waals surface area contributed by atoms with Gasteiger partial charge in [0, 0.05) is 0 Å². The number of allylic oxidation sites excluding steroid dienone is 2. The van der Waals surface area contributed by atoms with Crippen LogP contribution in [0.4, 0.5) is 0 Å². The minimum atomic E-state index is -0.398. The molecule has 126 valence electrons. The molecular formula is C20H34O2. The van der Waals surface area contributed by atoms with Crippen LogP contribution in [0.25, 0.3) is 0 Å². The number of aliphatic hydroxyl groups is 2. The Morgan fingerprint density at radius 3 is 2.64 bits per heavy atom. The average molecular weight is 306 g/mol. The summed E-state index contributed by atoms with van der Waals surface area (Å²) in [6, 6.07) is 0. The van der Waals surface area contributed by atoms with E-state index in [4.69, 9.17) is 0 Å². The van der Waals surface area contributed by atoms with Gasteiger partial charge in [-0.15, -0.1) is 0 Å². The van der Waals surface area contributed by atoms with Crippen LogP contribution >= 0.6 is 0 Å². The maximum absolute atomic E-state index is 10.5. The first-order valence-electron chi connectivity index (χ1n) is 8.87. The van der Waals surface area contributed by atoms with Crippen molar-refractivity contribution in [1.82, 2.24) is 0 Å². The van der Waals surface area contributed by atoms with Gasteiger partial charge in [0.25, 0.3) is 0 Å². The molecule has 0 aromatic rings. The molecule has 2 aliphatic carbocycles. The Labute approximate surface area is 136 Å². The number of aliphatic hydroxyl groups excluding tert-OH is 2. The fourth-order valence-corrected chi connectivity index (χ4v) is 5.20. The zero-order chi connectivity index (χ0) is 16.5. The molecule has 0 radical (unpaired) electrons. The maximum Gasteiger partial charge on any atom is 0.0753 e. The second-order valence-electron chi connectivity index (χ2n) is 8.41. The molecule has 0 heterocycles. The van der Waals surface area contributed by atoms with Crippen molar-refractivity contribution >= 4 is 0 Å². The zero-order valence-electron chi connectivity index (χ0n) is 15.0. The van der Waals surface area contributed by atoms with Crippen molar-refractivity contribution in [1.29, 1.82) is 0 Å². The molecule has 0 aliphatic heterocycles. The summed E-state index contributed by atoms with van der Waals surface area (Å²) in [5, 5.41) is 20.4. The fraction of sp³-hybridized carbons (Fsp3) is 0.800. The third-order valence-corrected chi connectivity index (χ3v) is 6.76. The third-order valence-electron chi connectivity index (χ3n) is 6.76. The summed E-state index contributed by atoms with van der Waals surface area (Å²) in [4.78, 5) is 0. The second kappa shape index (κ2) is 6.49. The monoisotopic (exact) mass is 306 g/mol. The first kappa shape index (κ1) is 17.7. The van der Waals surface area contributed by atoms with Crippen molar-refractivity contribution < 1.29 is 10.2 Å². The molecule has 0 saturated heterocycles. The summed E-state index contributed by atoms with van der Waals surface area (Å²) in [6.07, 6.45) is 9.45. The number of fused-ring (bicyclic) bond motifs is 1. The van der Waals surface area contributed by atoms with Crippen molar-refractivity contribution in [3.63, 3.8) is 0 Å². The zero-order valence-corrected chi connectivity index (χ0v) is 15.0. The van der Waals surface area contributed by atoms with E-state index in [1.807, 2.05) is 19.9 Å². The van der Waals surface area contributed by atoms with Gasteiger partial charge in [0.15, 0.2) is 0 Å². The van der Waals surface area contributed by atoms with Crippen LogP contribution in [0.15, 0.2) is 23.3 Å². The van der Waals surface area contributed by atoms with E-state index in [2.05, 4.69) is 26.8 Å². The average Bonchev–Trinajstić information content (AvgIpc) is 2.46. The highest BCUT2D eigenvalue weighted by Gasteiger charge is 2.52. The molecule has 0 amide bonds. The summed E-state index contributed by atoms with van der Waals surface area (Å²) in [7, 11) is 0. The van der Waals surface area contributed by atoms with Crippen LogP contribution in [0.5, 0.6) is 0 Å². The molecule has 2 N–H and O–H groups in total. The lowest BCUT2D eigenvalue weighted by molar-refractivity contribution is -0.0499. The highest BCUT2D eigenvalue weighted by atomic mass is 16.3. The van der Waals surface area contributed by atoms with Gasteiger partial charge in [-0.3, -0.25) is 0 Å². The van der Waals surface area contributed by atoms with Gasteiger partial charge < -0.3 is 10.2 Å². The molecule has 22 heavy (non-hydrogen) atoms. The molecule has 1 saturated carbocycles. The summed E-state index contributed by atoms with van der Waals surface area (Å²) in [6.45, 7) is 11.3. The lowest BCUT2D eigenvalue weighted by Crippen LogP contribution is -2.49. The molecule has 2 nitrogen and oxygen atoms in total. The van der Waals surface area contributed by atoms with Gasteiger partial charge in [-0.2, -0.15) is 0 Å². The second-order valence-corrected chi connectivity index (χ2v) is 8.41. The molecule has 0 aromatic carbocycles. The quantitative estimate of drug-likeness (QED) is 0.752. The van der Waals surface area contributed by atoms with Crippen molar-refractivity contribution in [3.05, 3.63) is 23.3 Å². The number of rotatable bonds is 4. The summed E-state index contributed by atoms with van der Waals surface area (Å²) >= 11 is 0. The molecular weight excluding hydrogens is 272 g/mol. The molecule has 0 spiro atoms. The van der Waals surface area contributed by atoms with Gasteiger partial charge in [-0.05, 0) is 73.3 Å². The van der Waals surface area contributed by atoms with E-state index in [1.165, 1.54) is 19.3 Å². The largest absolute Gasteiger partial charge is 0.392 e. The summed E-state index contributed by atoms with van der Waals surface area (Å²) < 4.78 is 0. The van der Waals surface area contributed by atoms with Crippen LogP contribution in [0.1, 0.15) is 66.7 Å². The Morgan fingerprint density at radius 2 is 2.05 bits per heavy atom. The first-order valence-corrected chi connectivity index (χ1v) is 8.87. The van der Waals surface area contributed by atoms with Crippen LogP contribution in [0.2, 0.25) is 0 Å². The Hall–Kier alpha value is -0.600.